The van der Waals surface area contributed by atoms with Crippen molar-refractivity contribution >= 4 is 11.5 Å². The van der Waals surface area contributed by atoms with Gasteiger partial charge in [0.05, 0.1) is 12.2 Å². The molecular formula is C12H15N3. The van der Waals surface area contributed by atoms with Crippen LogP contribution in [0.5, 0.6) is 0 Å². The zero-order valence-corrected chi connectivity index (χ0v) is 8.69. The molecule has 2 rings (SSSR count). The summed E-state index contributed by atoms with van der Waals surface area (Å²) in [6.45, 7) is 5.31. The normalized spacial score (nSPS) is 15.9. The molecule has 0 unspecified atom stereocenters. The number of benzene rings is 1. The predicted octanol–water partition coefficient (Wildman–Crippen LogP) is 2.28. The molecule has 0 amide bonds. The molecule has 0 saturated carbocycles. The van der Waals surface area contributed by atoms with E-state index < -0.39 is 0 Å². The fourth-order valence-corrected chi connectivity index (χ4v) is 1.81. The van der Waals surface area contributed by atoms with Crippen LogP contribution in [-0.4, -0.2) is 23.9 Å². The van der Waals surface area contributed by atoms with Gasteiger partial charge in [0.1, 0.15) is 5.84 Å². The first-order valence-electron chi connectivity index (χ1n) is 5.11. The molecule has 3 nitrogen and oxygen atoms in total. The van der Waals surface area contributed by atoms with Crippen molar-refractivity contribution < 1.29 is 0 Å². The van der Waals surface area contributed by atoms with Gasteiger partial charge in [0.15, 0.2) is 0 Å². The number of para-hydroxylation sites is 1. The highest BCUT2D eigenvalue weighted by Crippen LogP contribution is 2.21. The largest absolute Gasteiger partial charge is 0.287 e. The number of hydrogen-bond donors (Lipinski definition) is 1. The lowest BCUT2D eigenvalue weighted by atomic mass is 10.3. The molecule has 1 aromatic carbocycles. The smallest absolute Gasteiger partial charge is 0.117 e. The highest BCUT2D eigenvalue weighted by Gasteiger charge is 2.24. The average Bonchev–Trinajstić information content (AvgIpc) is 2.63. The zero-order chi connectivity index (χ0) is 10.7. The van der Waals surface area contributed by atoms with Crippen molar-refractivity contribution in [1.82, 2.24) is 5.01 Å². The van der Waals surface area contributed by atoms with Gasteiger partial charge in [-0.05, 0) is 12.1 Å². The van der Waals surface area contributed by atoms with Gasteiger partial charge >= 0.3 is 0 Å². The summed E-state index contributed by atoms with van der Waals surface area (Å²) in [6, 6.07) is 10.2. The topological polar surface area (TPSA) is 30.3 Å². The third-order valence-electron chi connectivity index (χ3n) is 2.52. The number of nitrogens with zero attached hydrogens (tertiary/aromatic N) is 2. The van der Waals surface area contributed by atoms with E-state index in [0.29, 0.717) is 12.4 Å². The summed E-state index contributed by atoms with van der Waals surface area (Å²) in [4.78, 5) is 0. The lowest BCUT2D eigenvalue weighted by Crippen LogP contribution is -2.38. The Balaban J connectivity index is 2.22. The van der Waals surface area contributed by atoms with Crippen LogP contribution in [0.15, 0.2) is 43.0 Å². The predicted molar refractivity (Wildman–Crippen MR) is 63.0 cm³/mol. The second-order valence-corrected chi connectivity index (χ2v) is 3.53. The quantitative estimate of drug-likeness (QED) is 0.760. The molecule has 0 atom stereocenters. The van der Waals surface area contributed by atoms with Crippen LogP contribution in [0.4, 0.5) is 5.69 Å². The van der Waals surface area contributed by atoms with E-state index in [1.54, 1.807) is 0 Å². The van der Waals surface area contributed by atoms with Gasteiger partial charge in [0, 0.05) is 13.0 Å². The molecule has 1 fully saturated rings. The first-order valence-corrected chi connectivity index (χ1v) is 5.11. The van der Waals surface area contributed by atoms with Gasteiger partial charge in [0.25, 0.3) is 0 Å². The summed E-state index contributed by atoms with van der Waals surface area (Å²) in [5, 5.41) is 11.9. The van der Waals surface area contributed by atoms with E-state index in [4.69, 9.17) is 5.41 Å². The number of anilines is 1. The monoisotopic (exact) mass is 201 g/mol. The van der Waals surface area contributed by atoms with Crippen LogP contribution < -0.4 is 5.01 Å². The first kappa shape index (κ1) is 9.77. The summed E-state index contributed by atoms with van der Waals surface area (Å²) < 4.78 is 0. The van der Waals surface area contributed by atoms with E-state index in [-0.39, 0.29) is 0 Å². The molecule has 1 heterocycles. The van der Waals surface area contributed by atoms with Gasteiger partial charge < -0.3 is 0 Å². The number of hydrogen-bond acceptors (Lipinski definition) is 2. The fourth-order valence-electron chi connectivity index (χ4n) is 1.81. The van der Waals surface area contributed by atoms with Gasteiger partial charge in [-0.15, -0.1) is 6.58 Å². The van der Waals surface area contributed by atoms with Crippen LogP contribution in [0, 0.1) is 5.41 Å². The Hall–Kier alpha value is -1.77. The summed E-state index contributed by atoms with van der Waals surface area (Å²) in [5.74, 6) is 0.666. The van der Waals surface area contributed by atoms with Gasteiger partial charge in [0.2, 0.25) is 0 Å². The molecule has 1 aliphatic rings. The molecule has 0 spiro atoms. The van der Waals surface area contributed by atoms with Crippen molar-refractivity contribution in [3.63, 3.8) is 0 Å². The minimum atomic E-state index is 0.666. The second kappa shape index (κ2) is 4.17. The molecule has 0 aliphatic carbocycles. The summed E-state index contributed by atoms with van der Waals surface area (Å²) in [7, 11) is 0. The van der Waals surface area contributed by atoms with Gasteiger partial charge in [-0.25, -0.2) is 0 Å². The summed E-state index contributed by atoms with van der Waals surface area (Å²) >= 11 is 0. The molecule has 0 aromatic heterocycles. The second-order valence-electron chi connectivity index (χ2n) is 3.53. The lowest BCUT2D eigenvalue weighted by molar-refractivity contribution is 0.461. The zero-order valence-electron chi connectivity index (χ0n) is 8.69. The van der Waals surface area contributed by atoms with E-state index in [1.807, 2.05) is 29.3 Å². The van der Waals surface area contributed by atoms with Gasteiger partial charge in [-0.2, -0.15) is 0 Å². The van der Waals surface area contributed by atoms with Gasteiger partial charge in [-0.1, -0.05) is 24.3 Å². The standard InChI is InChI=1S/C12H15N3/c1-2-9-15-12(13)8-10-14(15)11-6-4-3-5-7-11/h2-7,13H,1,8-10H2. The molecule has 1 aliphatic heterocycles. The Labute approximate surface area is 90.1 Å². The molecule has 0 bridgehead atoms. The highest BCUT2D eigenvalue weighted by atomic mass is 15.7. The average molecular weight is 201 g/mol. The van der Waals surface area contributed by atoms with Crippen LogP contribution in [0.3, 0.4) is 0 Å². The van der Waals surface area contributed by atoms with E-state index in [0.717, 1.165) is 18.7 Å². The molecule has 0 radical (unpaired) electrons. The van der Waals surface area contributed by atoms with Crippen molar-refractivity contribution in [3.05, 3.63) is 43.0 Å². The van der Waals surface area contributed by atoms with Gasteiger partial charge in [-0.3, -0.25) is 15.4 Å². The van der Waals surface area contributed by atoms with Crippen molar-refractivity contribution in [1.29, 1.82) is 5.41 Å². The van der Waals surface area contributed by atoms with Crippen LogP contribution in [0.25, 0.3) is 0 Å². The number of amidine groups is 1. The maximum Gasteiger partial charge on any atom is 0.117 e. The molecule has 3 heteroatoms. The number of nitrogens with one attached hydrogen (secondary N) is 1. The van der Waals surface area contributed by atoms with E-state index in [2.05, 4.69) is 23.7 Å². The van der Waals surface area contributed by atoms with Crippen LogP contribution in [0.1, 0.15) is 6.42 Å². The van der Waals surface area contributed by atoms with Crippen molar-refractivity contribution in [3.8, 4) is 0 Å². The SMILES string of the molecule is C=CCN1C(=N)CCN1c1ccccc1. The molecule has 1 saturated heterocycles. The molecule has 78 valence electrons. The Kier molecular flexibility index (Phi) is 2.72. The fraction of sp³-hybridized carbons (Fsp3) is 0.250. The minimum Gasteiger partial charge on any atom is -0.287 e. The van der Waals surface area contributed by atoms with E-state index in [1.165, 1.54) is 0 Å². The third-order valence-corrected chi connectivity index (χ3v) is 2.52. The molecule has 1 aromatic rings. The third kappa shape index (κ3) is 1.86. The Bertz CT molecular complexity index is 358. The molecule has 15 heavy (non-hydrogen) atoms. The Morgan fingerprint density at radius 2 is 2.07 bits per heavy atom. The first-order chi connectivity index (χ1) is 7.33. The summed E-state index contributed by atoms with van der Waals surface area (Å²) in [6.07, 6.45) is 2.64. The van der Waals surface area contributed by atoms with Crippen LogP contribution in [-0.2, 0) is 0 Å². The lowest BCUT2D eigenvalue weighted by Gasteiger charge is -2.30. The maximum atomic E-state index is 7.83. The molecule has 1 N–H and O–H groups in total. The van der Waals surface area contributed by atoms with Crippen molar-refractivity contribution in [2.45, 2.75) is 6.42 Å². The minimum absolute atomic E-state index is 0.666. The number of hydrazine groups is 1. The summed E-state index contributed by atoms with van der Waals surface area (Å²) in [5.41, 5.74) is 1.14. The van der Waals surface area contributed by atoms with E-state index >= 15 is 0 Å². The molecular weight excluding hydrogens is 186 g/mol. The Morgan fingerprint density at radius 1 is 1.33 bits per heavy atom. The maximum absolute atomic E-state index is 7.83. The van der Waals surface area contributed by atoms with Crippen molar-refractivity contribution in [2.75, 3.05) is 18.1 Å². The van der Waals surface area contributed by atoms with Crippen LogP contribution in [0.2, 0.25) is 0 Å². The van der Waals surface area contributed by atoms with Crippen LogP contribution >= 0.6 is 0 Å². The van der Waals surface area contributed by atoms with Crippen molar-refractivity contribution in [2.24, 2.45) is 0 Å². The number of rotatable bonds is 3. The highest BCUT2D eigenvalue weighted by molar-refractivity contribution is 5.84. The van der Waals surface area contributed by atoms with E-state index in [9.17, 15) is 0 Å². The Morgan fingerprint density at radius 3 is 2.73 bits per heavy atom.